The first-order valence-corrected chi connectivity index (χ1v) is 8.72. The number of hydrogen-bond donors (Lipinski definition) is 1. The Kier molecular flexibility index (Phi) is 5.33. The number of carboxylic acids is 1. The van der Waals surface area contributed by atoms with Crippen molar-refractivity contribution in [3.63, 3.8) is 0 Å². The van der Waals surface area contributed by atoms with Crippen LogP contribution in [0.2, 0.25) is 0 Å². The van der Waals surface area contributed by atoms with Crippen LogP contribution in [0.1, 0.15) is 13.8 Å². The molecule has 0 saturated carbocycles. The summed E-state index contributed by atoms with van der Waals surface area (Å²) in [5, 5.41) is 7.60. The number of rotatable bonds is 6. The van der Waals surface area contributed by atoms with Gasteiger partial charge in [-0.25, -0.2) is 9.36 Å². The highest BCUT2D eigenvalue weighted by Crippen LogP contribution is 2.59. The van der Waals surface area contributed by atoms with Gasteiger partial charge >= 0.3 is 13.6 Å². The topological polar surface area (TPSA) is 72.8 Å². The normalized spacial score (nSPS) is 13.1. The molecule has 2 aromatic carbocycles. The summed E-state index contributed by atoms with van der Waals surface area (Å²) in [6, 6.07) is 16.6. The van der Waals surface area contributed by atoms with Crippen molar-refractivity contribution < 1.29 is 23.5 Å². The van der Waals surface area contributed by atoms with Gasteiger partial charge in [-0.2, -0.15) is 0 Å². The molecule has 0 saturated heterocycles. The SMILES string of the molecule is CC#CC(C)(C(=O)O)P(=O)(Oc1ccccc1)Oc1ccccc1. The lowest BCUT2D eigenvalue weighted by molar-refractivity contribution is -0.138. The van der Waals surface area contributed by atoms with E-state index in [0.717, 1.165) is 0 Å². The Morgan fingerprint density at radius 2 is 1.42 bits per heavy atom. The molecule has 0 bridgehead atoms. The molecule has 0 aromatic heterocycles. The number of aliphatic carboxylic acids is 1. The number of carbonyl (C=O) groups is 1. The zero-order chi connectivity index (χ0) is 17.6. The highest BCUT2D eigenvalue weighted by atomic mass is 31.2. The van der Waals surface area contributed by atoms with E-state index in [-0.39, 0.29) is 11.5 Å². The average Bonchev–Trinajstić information content (AvgIpc) is 2.56. The lowest BCUT2D eigenvalue weighted by atomic mass is 10.2. The van der Waals surface area contributed by atoms with Crippen molar-refractivity contribution in [3.05, 3.63) is 60.7 Å². The molecule has 0 spiro atoms. The van der Waals surface area contributed by atoms with E-state index < -0.39 is 18.7 Å². The smallest absolute Gasteiger partial charge is 0.459 e. The maximum absolute atomic E-state index is 13.5. The van der Waals surface area contributed by atoms with Gasteiger partial charge < -0.3 is 14.2 Å². The molecule has 5 nitrogen and oxygen atoms in total. The third-order valence-electron chi connectivity index (χ3n) is 3.27. The predicted molar refractivity (Wildman–Crippen MR) is 91.2 cm³/mol. The minimum absolute atomic E-state index is 0.238. The molecular weight excluding hydrogens is 327 g/mol. The van der Waals surface area contributed by atoms with Gasteiger partial charge in [0.15, 0.2) is 0 Å². The fraction of sp³-hybridized carbons (Fsp3) is 0.167. The van der Waals surface area contributed by atoms with Crippen molar-refractivity contribution in [2.45, 2.75) is 19.0 Å². The lowest BCUT2D eigenvalue weighted by Gasteiger charge is -2.29. The van der Waals surface area contributed by atoms with E-state index in [0.29, 0.717) is 0 Å². The van der Waals surface area contributed by atoms with E-state index in [2.05, 4.69) is 11.8 Å². The van der Waals surface area contributed by atoms with Crippen LogP contribution in [0.25, 0.3) is 0 Å². The van der Waals surface area contributed by atoms with Crippen molar-refractivity contribution in [3.8, 4) is 23.3 Å². The Hall–Kier alpha value is -2.70. The largest absolute Gasteiger partial charge is 0.480 e. The van der Waals surface area contributed by atoms with Crippen molar-refractivity contribution in [1.29, 1.82) is 0 Å². The molecule has 1 unspecified atom stereocenters. The van der Waals surface area contributed by atoms with Gasteiger partial charge in [-0.1, -0.05) is 42.3 Å². The molecule has 2 rings (SSSR count). The molecule has 0 radical (unpaired) electrons. The van der Waals surface area contributed by atoms with Crippen LogP contribution in [0.4, 0.5) is 0 Å². The van der Waals surface area contributed by atoms with Gasteiger partial charge in [0, 0.05) is 0 Å². The van der Waals surface area contributed by atoms with Crippen LogP contribution in [-0.2, 0) is 9.36 Å². The molecule has 0 fully saturated rings. The Bertz CT molecular complexity index is 762. The zero-order valence-electron chi connectivity index (χ0n) is 13.3. The van der Waals surface area contributed by atoms with Crippen LogP contribution < -0.4 is 9.05 Å². The second kappa shape index (κ2) is 7.25. The first kappa shape index (κ1) is 17.7. The van der Waals surface area contributed by atoms with E-state index in [9.17, 15) is 14.5 Å². The van der Waals surface area contributed by atoms with E-state index in [1.807, 2.05) is 0 Å². The quantitative estimate of drug-likeness (QED) is 0.628. The molecule has 1 N–H and O–H groups in total. The van der Waals surface area contributed by atoms with Gasteiger partial charge in [-0.05, 0) is 38.1 Å². The molecular formula is C18H17O5P. The molecule has 6 heteroatoms. The zero-order valence-corrected chi connectivity index (χ0v) is 14.2. The summed E-state index contributed by atoms with van der Waals surface area (Å²) in [6.45, 7) is 2.70. The average molecular weight is 344 g/mol. The maximum atomic E-state index is 13.5. The number of hydrogen-bond acceptors (Lipinski definition) is 4. The molecule has 0 heterocycles. The second-order valence-corrected chi connectivity index (χ2v) is 7.31. The standard InChI is InChI=1S/C18H17O5P/c1-3-14-18(2,17(19)20)24(21,22-15-10-6-4-7-11-15)23-16-12-8-5-9-13-16/h4-13H,1-2H3,(H,19,20). The maximum Gasteiger partial charge on any atom is 0.459 e. The van der Waals surface area contributed by atoms with Crippen LogP contribution in [-0.4, -0.2) is 16.2 Å². The Labute approximate surface area is 140 Å². The molecule has 2 aromatic rings. The van der Waals surface area contributed by atoms with Gasteiger partial charge in [-0.15, -0.1) is 5.92 Å². The summed E-state index contributed by atoms with van der Waals surface area (Å²) in [6.07, 6.45) is 0. The molecule has 0 aliphatic heterocycles. The third kappa shape index (κ3) is 3.61. The summed E-state index contributed by atoms with van der Waals surface area (Å²) in [4.78, 5) is 11.8. The lowest BCUT2D eigenvalue weighted by Crippen LogP contribution is -2.37. The van der Waals surface area contributed by atoms with Crippen LogP contribution >= 0.6 is 7.60 Å². The first-order chi connectivity index (χ1) is 11.4. The summed E-state index contributed by atoms with van der Waals surface area (Å²) in [7, 11) is -4.23. The highest BCUT2D eigenvalue weighted by molar-refractivity contribution is 7.58. The van der Waals surface area contributed by atoms with E-state index in [4.69, 9.17) is 9.05 Å². The first-order valence-electron chi connectivity index (χ1n) is 7.18. The van der Waals surface area contributed by atoms with Crippen LogP contribution in [0.5, 0.6) is 11.5 Å². The van der Waals surface area contributed by atoms with Crippen molar-refractivity contribution >= 4 is 13.6 Å². The molecule has 0 aliphatic carbocycles. The van der Waals surface area contributed by atoms with Crippen LogP contribution in [0, 0.1) is 11.8 Å². The van der Waals surface area contributed by atoms with Gasteiger partial charge in [0.05, 0.1) is 0 Å². The fourth-order valence-electron chi connectivity index (χ4n) is 1.92. The minimum atomic E-state index is -4.23. The van der Waals surface area contributed by atoms with Crippen LogP contribution in [0.3, 0.4) is 0 Å². The minimum Gasteiger partial charge on any atom is -0.480 e. The summed E-state index contributed by atoms with van der Waals surface area (Å²) < 4.78 is 24.5. The number of carboxylic acid groups (broad SMARTS) is 1. The molecule has 0 aliphatic rings. The van der Waals surface area contributed by atoms with Gasteiger partial charge in [0.1, 0.15) is 11.5 Å². The van der Waals surface area contributed by atoms with E-state index >= 15 is 0 Å². The third-order valence-corrected chi connectivity index (χ3v) is 5.57. The van der Waals surface area contributed by atoms with E-state index in [1.165, 1.54) is 13.8 Å². The Balaban J connectivity index is 2.53. The molecule has 24 heavy (non-hydrogen) atoms. The van der Waals surface area contributed by atoms with Gasteiger partial charge in [-0.3, -0.25) is 0 Å². The second-order valence-electron chi connectivity index (χ2n) is 5.06. The Morgan fingerprint density at radius 3 is 1.75 bits per heavy atom. The van der Waals surface area contributed by atoms with Crippen molar-refractivity contribution in [2.75, 3.05) is 0 Å². The Morgan fingerprint density at radius 1 is 1.00 bits per heavy atom. The number of benzene rings is 2. The summed E-state index contributed by atoms with van der Waals surface area (Å²) in [5.74, 6) is 4.07. The summed E-state index contributed by atoms with van der Waals surface area (Å²) in [5.41, 5.74) is 0. The molecule has 0 amide bonds. The van der Waals surface area contributed by atoms with Crippen molar-refractivity contribution in [1.82, 2.24) is 0 Å². The van der Waals surface area contributed by atoms with Gasteiger partial charge in [0.2, 0.25) is 5.16 Å². The van der Waals surface area contributed by atoms with E-state index in [1.54, 1.807) is 60.7 Å². The monoisotopic (exact) mass is 344 g/mol. The fourth-order valence-corrected chi connectivity index (χ4v) is 3.61. The predicted octanol–water partition coefficient (Wildman–Crippen LogP) is 4.20. The van der Waals surface area contributed by atoms with Gasteiger partial charge in [0.25, 0.3) is 0 Å². The summed E-state index contributed by atoms with van der Waals surface area (Å²) >= 11 is 0. The van der Waals surface area contributed by atoms with Crippen molar-refractivity contribution in [2.24, 2.45) is 0 Å². The molecule has 1 atom stereocenters. The molecule has 124 valence electrons. The number of para-hydroxylation sites is 2. The highest BCUT2D eigenvalue weighted by Gasteiger charge is 2.56. The van der Waals surface area contributed by atoms with Crippen LogP contribution in [0.15, 0.2) is 60.7 Å².